The molecule has 1 aromatic heterocycles. The molecule has 3 N–H and O–H groups in total. The van der Waals surface area contributed by atoms with E-state index >= 15 is 0 Å². The van der Waals surface area contributed by atoms with E-state index in [1.54, 1.807) is 25.2 Å². The third-order valence-electron chi connectivity index (χ3n) is 4.63. The lowest BCUT2D eigenvalue weighted by Crippen LogP contribution is -2.51. The number of halogens is 1. The molecule has 0 radical (unpaired) electrons. The van der Waals surface area contributed by atoms with Crippen LogP contribution in [0.3, 0.4) is 0 Å². The number of anilines is 1. The maximum absolute atomic E-state index is 12.5. The monoisotopic (exact) mass is 339 g/mol. The van der Waals surface area contributed by atoms with Gasteiger partial charge in [-0.3, -0.25) is 9.36 Å². The second kappa shape index (κ2) is 6.37. The number of hydrogen-bond acceptors (Lipinski definition) is 4. The van der Waals surface area contributed by atoms with E-state index in [1.807, 2.05) is 6.92 Å². The van der Waals surface area contributed by atoms with Crippen molar-refractivity contribution < 1.29 is 9.21 Å². The fourth-order valence-electron chi connectivity index (χ4n) is 3.22. The summed E-state index contributed by atoms with van der Waals surface area (Å²) < 4.78 is 6.50. The molecule has 2 atom stereocenters. The zero-order valence-corrected chi connectivity index (χ0v) is 14.1. The van der Waals surface area contributed by atoms with E-state index in [1.165, 1.54) is 4.57 Å². The standard InChI is InChI=1S/C16H21N3O3.ClH/c1-16(17)8-4-3-5-11(16)14(20)18-10-6-7-13-12(9-10)19(2)15(21)22-13;/h6-7,9,11H,3-5,8,17H2,1-2H3,(H,18,20);1H. The Labute approximate surface area is 140 Å². The predicted molar refractivity (Wildman–Crippen MR) is 91.9 cm³/mol. The van der Waals surface area contributed by atoms with Crippen molar-refractivity contribution in [3.8, 4) is 0 Å². The fraction of sp³-hybridized carbons (Fsp3) is 0.500. The van der Waals surface area contributed by atoms with Gasteiger partial charge in [0.25, 0.3) is 0 Å². The van der Waals surface area contributed by atoms with Crippen LogP contribution in [0.25, 0.3) is 11.1 Å². The largest absolute Gasteiger partial charge is 0.419 e. The van der Waals surface area contributed by atoms with E-state index in [9.17, 15) is 9.59 Å². The van der Waals surface area contributed by atoms with Crippen LogP contribution in [0.5, 0.6) is 0 Å². The maximum Gasteiger partial charge on any atom is 0.419 e. The predicted octanol–water partition coefficient (Wildman–Crippen LogP) is 2.40. The van der Waals surface area contributed by atoms with Crippen LogP contribution in [0, 0.1) is 5.92 Å². The number of fused-ring (bicyclic) bond motifs is 1. The minimum atomic E-state index is -0.463. The number of aryl methyl sites for hydroxylation is 1. The summed E-state index contributed by atoms with van der Waals surface area (Å²) in [6, 6.07) is 5.17. The lowest BCUT2D eigenvalue weighted by molar-refractivity contribution is -0.122. The van der Waals surface area contributed by atoms with Crippen molar-refractivity contribution in [3.05, 3.63) is 28.7 Å². The second-order valence-electron chi connectivity index (χ2n) is 6.40. The molecule has 7 heteroatoms. The molecule has 23 heavy (non-hydrogen) atoms. The van der Waals surface area contributed by atoms with E-state index < -0.39 is 11.3 Å². The number of benzene rings is 1. The number of nitrogens with zero attached hydrogens (tertiary/aromatic N) is 1. The molecule has 6 nitrogen and oxygen atoms in total. The van der Waals surface area contributed by atoms with Gasteiger partial charge in [-0.2, -0.15) is 0 Å². The molecule has 1 saturated carbocycles. The Bertz CT molecular complexity index is 778. The molecule has 2 aromatic rings. The fourth-order valence-corrected chi connectivity index (χ4v) is 3.22. The van der Waals surface area contributed by atoms with Gasteiger partial charge in [0.2, 0.25) is 5.91 Å². The van der Waals surface area contributed by atoms with Crippen LogP contribution in [0.4, 0.5) is 5.69 Å². The highest BCUT2D eigenvalue weighted by atomic mass is 35.5. The Morgan fingerprint density at radius 1 is 1.43 bits per heavy atom. The molecule has 126 valence electrons. The van der Waals surface area contributed by atoms with E-state index in [0.29, 0.717) is 16.8 Å². The molecular weight excluding hydrogens is 318 g/mol. The van der Waals surface area contributed by atoms with E-state index in [2.05, 4.69) is 5.32 Å². The highest BCUT2D eigenvalue weighted by Gasteiger charge is 2.37. The van der Waals surface area contributed by atoms with Gasteiger partial charge >= 0.3 is 5.76 Å². The molecule has 3 rings (SSSR count). The molecule has 1 fully saturated rings. The molecule has 0 bridgehead atoms. The zero-order valence-electron chi connectivity index (χ0n) is 13.3. The Morgan fingerprint density at radius 2 is 2.17 bits per heavy atom. The first-order valence-electron chi connectivity index (χ1n) is 7.58. The topological polar surface area (TPSA) is 90.3 Å². The van der Waals surface area contributed by atoms with Gasteiger partial charge in [-0.15, -0.1) is 12.4 Å². The smallest absolute Gasteiger partial charge is 0.408 e. The summed E-state index contributed by atoms with van der Waals surface area (Å²) in [6.45, 7) is 1.94. The van der Waals surface area contributed by atoms with Gasteiger partial charge in [0, 0.05) is 18.3 Å². The summed E-state index contributed by atoms with van der Waals surface area (Å²) in [6.07, 6.45) is 3.77. The minimum absolute atomic E-state index is 0. The summed E-state index contributed by atoms with van der Waals surface area (Å²) in [5.74, 6) is -0.664. The van der Waals surface area contributed by atoms with Crippen molar-refractivity contribution in [3.63, 3.8) is 0 Å². The van der Waals surface area contributed by atoms with Crippen LogP contribution in [-0.4, -0.2) is 16.0 Å². The van der Waals surface area contributed by atoms with Gasteiger partial charge in [0.1, 0.15) is 0 Å². The third kappa shape index (κ3) is 3.28. The Kier molecular flexibility index (Phi) is 4.87. The maximum atomic E-state index is 12.5. The molecule has 0 saturated heterocycles. The van der Waals surface area contributed by atoms with Gasteiger partial charge in [-0.1, -0.05) is 12.8 Å². The number of amides is 1. The molecule has 1 amide bonds. The Hall–Kier alpha value is -1.79. The van der Waals surface area contributed by atoms with Crippen molar-refractivity contribution in [2.75, 3.05) is 5.32 Å². The van der Waals surface area contributed by atoms with Crippen LogP contribution in [0.2, 0.25) is 0 Å². The van der Waals surface area contributed by atoms with E-state index in [0.717, 1.165) is 25.7 Å². The third-order valence-corrected chi connectivity index (χ3v) is 4.63. The Balaban J connectivity index is 0.00000192. The van der Waals surface area contributed by atoms with E-state index in [-0.39, 0.29) is 24.2 Å². The van der Waals surface area contributed by atoms with Crippen molar-refractivity contribution in [2.45, 2.75) is 38.1 Å². The summed E-state index contributed by atoms with van der Waals surface area (Å²) >= 11 is 0. The van der Waals surface area contributed by atoms with Gasteiger partial charge in [0.15, 0.2) is 5.58 Å². The lowest BCUT2D eigenvalue weighted by Gasteiger charge is -2.37. The van der Waals surface area contributed by atoms with Crippen LogP contribution < -0.4 is 16.8 Å². The Morgan fingerprint density at radius 3 is 2.87 bits per heavy atom. The molecule has 1 aliphatic rings. The molecular formula is C16H22ClN3O3. The molecule has 1 aliphatic carbocycles. The SMILES string of the molecule is Cl.Cn1c(=O)oc2ccc(NC(=O)C3CCCCC3(C)N)cc21. The molecule has 2 unspecified atom stereocenters. The summed E-state index contributed by atoms with van der Waals surface area (Å²) in [5.41, 5.74) is 7.62. The van der Waals surface area contributed by atoms with Gasteiger partial charge < -0.3 is 15.5 Å². The first-order valence-corrected chi connectivity index (χ1v) is 7.58. The van der Waals surface area contributed by atoms with Crippen molar-refractivity contribution in [1.82, 2.24) is 4.57 Å². The quantitative estimate of drug-likeness (QED) is 0.879. The summed E-state index contributed by atoms with van der Waals surface area (Å²) in [7, 11) is 1.64. The van der Waals surface area contributed by atoms with Crippen LogP contribution >= 0.6 is 12.4 Å². The second-order valence-corrected chi connectivity index (χ2v) is 6.40. The first kappa shape index (κ1) is 17.6. The molecule has 0 aliphatic heterocycles. The summed E-state index contributed by atoms with van der Waals surface area (Å²) in [5, 5.41) is 2.92. The first-order chi connectivity index (χ1) is 10.4. The van der Waals surface area contributed by atoms with Crippen LogP contribution in [0.15, 0.2) is 27.4 Å². The number of nitrogens with one attached hydrogen (secondary N) is 1. The number of carbonyl (C=O) groups is 1. The number of nitrogens with two attached hydrogens (primary N) is 1. The number of carbonyl (C=O) groups excluding carboxylic acids is 1. The lowest BCUT2D eigenvalue weighted by atomic mass is 9.74. The van der Waals surface area contributed by atoms with Crippen molar-refractivity contribution in [1.29, 1.82) is 0 Å². The van der Waals surface area contributed by atoms with Gasteiger partial charge in [-0.05, 0) is 38.0 Å². The highest BCUT2D eigenvalue weighted by molar-refractivity contribution is 5.95. The van der Waals surface area contributed by atoms with Crippen molar-refractivity contribution in [2.24, 2.45) is 18.7 Å². The number of oxazole rings is 1. The molecule has 1 heterocycles. The molecule has 0 spiro atoms. The average molecular weight is 340 g/mol. The number of rotatable bonds is 2. The van der Waals surface area contributed by atoms with Gasteiger partial charge in [-0.25, -0.2) is 4.79 Å². The normalized spacial score (nSPS) is 24.2. The summed E-state index contributed by atoms with van der Waals surface area (Å²) in [4.78, 5) is 24.0. The van der Waals surface area contributed by atoms with Gasteiger partial charge in [0.05, 0.1) is 11.4 Å². The van der Waals surface area contributed by atoms with Crippen LogP contribution in [0.1, 0.15) is 32.6 Å². The highest BCUT2D eigenvalue weighted by Crippen LogP contribution is 2.32. The number of aromatic nitrogens is 1. The number of hydrogen-bond donors (Lipinski definition) is 2. The van der Waals surface area contributed by atoms with Crippen molar-refractivity contribution >= 4 is 35.1 Å². The van der Waals surface area contributed by atoms with E-state index in [4.69, 9.17) is 10.2 Å². The average Bonchev–Trinajstić information content (AvgIpc) is 2.74. The zero-order chi connectivity index (χ0) is 15.9. The minimum Gasteiger partial charge on any atom is -0.408 e. The van der Waals surface area contributed by atoms with Crippen LogP contribution in [-0.2, 0) is 11.8 Å². The molecule has 1 aromatic carbocycles.